The van der Waals surface area contributed by atoms with Crippen molar-refractivity contribution in [3.8, 4) is 5.75 Å². The molecule has 0 spiro atoms. The standard InChI is InChI=1S/C14H19ClN2O2/c1-17-9-10(6-7-14(17)18)16-8-11-12(15)4-3-5-13(11)19-2/h3-5,10,16H,6-9H2,1-2H3. The van der Waals surface area contributed by atoms with Crippen LogP contribution in [0.15, 0.2) is 18.2 Å². The number of methoxy groups -OCH3 is 1. The Bertz CT molecular complexity index is 465. The van der Waals surface area contributed by atoms with E-state index in [0.29, 0.717) is 24.0 Å². The first-order chi connectivity index (χ1) is 9.11. The summed E-state index contributed by atoms with van der Waals surface area (Å²) in [6.45, 7) is 1.39. The van der Waals surface area contributed by atoms with Crippen molar-refractivity contribution in [3.05, 3.63) is 28.8 Å². The van der Waals surface area contributed by atoms with Gasteiger partial charge in [0.15, 0.2) is 0 Å². The van der Waals surface area contributed by atoms with Crippen LogP contribution in [0.3, 0.4) is 0 Å². The maximum absolute atomic E-state index is 11.4. The van der Waals surface area contributed by atoms with E-state index in [1.807, 2.05) is 25.2 Å². The maximum atomic E-state index is 11.4. The second-order valence-corrected chi connectivity index (χ2v) is 5.22. The molecule has 1 amide bonds. The van der Waals surface area contributed by atoms with Crippen molar-refractivity contribution in [2.24, 2.45) is 0 Å². The van der Waals surface area contributed by atoms with Crippen LogP contribution in [0.5, 0.6) is 5.75 Å². The summed E-state index contributed by atoms with van der Waals surface area (Å²) in [4.78, 5) is 13.2. The molecular weight excluding hydrogens is 264 g/mol. The van der Waals surface area contributed by atoms with Crippen LogP contribution in [0.4, 0.5) is 0 Å². The molecule has 1 aromatic rings. The first kappa shape index (κ1) is 14.2. The molecule has 0 aliphatic carbocycles. The molecule has 0 radical (unpaired) electrons. The molecule has 0 saturated carbocycles. The van der Waals surface area contributed by atoms with Gasteiger partial charge in [-0.2, -0.15) is 0 Å². The van der Waals surface area contributed by atoms with E-state index in [4.69, 9.17) is 16.3 Å². The first-order valence-corrected chi connectivity index (χ1v) is 6.78. The van der Waals surface area contributed by atoms with Crippen molar-refractivity contribution in [3.63, 3.8) is 0 Å². The van der Waals surface area contributed by atoms with Gasteiger partial charge in [-0.05, 0) is 18.6 Å². The van der Waals surface area contributed by atoms with Gasteiger partial charge in [-0.15, -0.1) is 0 Å². The number of nitrogens with one attached hydrogen (secondary N) is 1. The summed E-state index contributed by atoms with van der Waals surface area (Å²) in [5.41, 5.74) is 0.964. The quantitative estimate of drug-likeness (QED) is 0.919. The molecule has 1 atom stereocenters. The lowest BCUT2D eigenvalue weighted by Gasteiger charge is -2.30. The summed E-state index contributed by atoms with van der Waals surface area (Å²) in [5, 5.41) is 4.15. The summed E-state index contributed by atoms with van der Waals surface area (Å²) >= 11 is 6.19. The van der Waals surface area contributed by atoms with Crippen molar-refractivity contribution in [1.82, 2.24) is 10.2 Å². The normalized spacial score (nSPS) is 19.6. The number of carbonyl (C=O) groups is 1. The smallest absolute Gasteiger partial charge is 0.222 e. The van der Waals surface area contributed by atoms with Gasteiger partial charge in [0.2, 0.25) is 5.91 Å². The van der Waals surface area contributed by atoms with E-state index >= 15 is 0 Å². The lowest BCUT2D eigenvalue weighted by atomic mass is 10.1. The Morgan fingerprint density at radius 2 is 2.32 bits per heavy atom. The average Bonchev–Trinajstić information content (AvgIpc) is 2.41. The van der Waals surface area contributed by atoms with Gasteiger partial charge in [0.05, 0.1) is 7.11 Å². The SMILES string of the molecule is COc1cccc(Cl)c1CNC1CCC(=O)N(C)C1. The van der Waals surface area contributed by atoms with Crippen molar-refractivity contribution >= 4 is 17.5 Å². The Balaban J connectivity index is 1.97. The highest BCUT2D eigenvalue weighted by atomic mass is 35.5. The number of halogens is 1. The van der Waals surface area contributed by atoms with Gasteiger partial charge in [0.1, 0.15) is 5.75 Å². The van der Waals surface area contributed by atoms with Crippen LogP contribution in [0.25, 0.3) is 0 Å². The molecule has 1 saturated heterocycles. The van der Waals surface area contributed by atoms with Crippen LogP contribution < -0.4 is 10.1 Å². The number of ether oxygens (including phenoxy) is 1. The van der Waals surface area contributed by atoms with Crippen LogP contribution in [-0.4, -0.2) is 37.6 Å². The minimum absolute atomic E-state index is 0.216. The number of hydrogen-bond donors (Lipinski definition) is 1. The fourth-order valence-corrected chi connectivity index (χ4v) is 2.56. The molecule has 1 fully saturated rings. The lowest BCUT2D eigenvalue weighted by Crippen LogP contribution is -2.46. The zero-order valence-corrected chi connectivity index (χ0v) is 12.0. The van der Waals surface area contributed by atoms with Gasteiger partial charge in [-0.25, -0.2) is 0 Å². The fraction of sp³-hybridized carbons (Fsp3) is 0.500. The molecule has 0 aromatic heterocycles. The third kappa shape index (κ3) is 3.39. The molecule has 0 bridgehead atoms. The second kappa shape index (κ2) is 6.26. The molecule has 1 aliphatic heterocycles. The highest BCUT2D eigenvalue weighted by molar-refractivity contribution is 6.31. The van der Waals surface area contributed by atoms with E-state index in [-0.39, 0.29) is 5.91 Å². The van der Waals surface area contributed by atoms with Gasteiger partial charge in [0, 0.05) is 43.2 Å². The van der Waals surface area contributed by atoms with Crippen LogP contribution in [-0.2, 0) is 11.3 Å². The zero-order chi connectivity index (χ0) is 13.8. The third-order valence-electron chi connectivity index (χ3n) is 3.49. The van der Waals surface area contributed by atoms with E-state index in [1.54, 1.807) is 12.0 Å². The summed E-state index contributed by atoms with van der Waals surface area (Å²) in [7, 11) is 3.48. The number of nitrogens with zero attached hydrogens (tertiary/aromatic N) is 1. The van der Waals surface area contributed by atoms with Gasteiger partial charge in [0.25, 0.3) is 0 Å². The molecule has 4 nitrogen and oxygen atoms in total. The number of likely N-dealkylation sites (N-methyl/N-ethyl adjacent to an activating group) is 1. The highest BCUT2D eigenvalue weighted by Crippen LogP contribution is 2.26. The minimum atomic E-state index is 0.216. The number of benzene rings is 1. The number of rotatable bonds is 4. The van der Waals surface area contributed by atoms with Crippen molar-refractivity contribution < 1.29 is 9.53 Å². The number of amides is 1. The van der Waals surface area contributed by atoms with Gasteiger partial charge < -0.3 is 15.0 Å². The van der Waals surface area contributed by atoms with E-state index < -0.39 is 0 Å². The van der Waals surface area contributed by atoms with Crippen LogP contribution in [0, 0.1) is 0 Å². The molecule has 2 rings (SSSR count). The summed E-state index contributed by atoms with van der Waals surface area (Å²) in [5.74, 6) is 1.01. The molecule has 19 heavy (non-hydrogen) atoms. The second-order valence-electron chi connectivity index (χ2n) is 4.81. The van der Waals surface area contributed by atoms with Crippen LogP contribution >= 0.6 is 11.6 Å². The van der Waals surface area contributed by atoms with Crippen LogP contribution in [0.1, 0.15) is 18.4 Å². The predicted molar refractivity (Wildman–Crippen MR) is 75.5 cm³/mol. The number of carbonyl (C=O) groups excluding carboxylic acids is 1. The number of hydrogen-bond acceptors (Lipinski definition) is 3. The summed E-state index contributed by atoms with van der Waals surface area (Å²) in [6, 6.07) is 5.94. The summed E-state index contributed by atoms with van der Waals surface area (Å²) in [6.07, 6.45) is 1.48. The van der Waals surface area contributed by atoms with Gasteiger partial charge in [-0.1, -0.05) is 17.7 Å². The molecular formula is C14H19ClN2O2. The lowest BCUT2D eigenvalue weighted by molar-refractivity contribution is -0.132. The Morgan fingerprint density at radius 1 is 1.53 bits per heavy atom. The number of piperidine rings is 1. The Kier molecular flexibility index (Phi) is 4.66. The molecule has 5 heteroatoms. The van der Waals surface area contributed by atoms with Crippen LogP contribution in [0.2, 0.25) is 5.02 Å². The molecule has 1 heterocycles. The largest absolute Gasteiger partial charge is 0.496 e. The van der Waals surface area contributed by atoms with Crippen molar-refractivity contribution in [1.29, 1.82) is 0 Å². The number of likely N-dealkylation sites (tertiary alicyclic amines) is 1. The molecule has 1 aliphatic rings. The third-order valence-corrected chi connectivity index (χ3v) is 3.84. The van der Waals surface area contributed by atoms with Gasteiger partial charge in [-0.3, -0.25) is 4.79 Å². The Morgan fingerprint density at radius 3 is 3.00 bits per heavy atom. The van der Waals surface area contributed by atoms with E-state index in [2.05, 4.69) is 5.32 Å². The van der Waals surface area contributed by atoms with E-state index in [0.717, 1.165) is 24.3 Å². The molecule has 1 unspecified atom stereocenters. The predicted octanol–water partition coefficient (Wildman–Crippen LogP) is 2.06. The highest BCUT2D eigenvalue weighted by Gasteiger charge is 2.22. The monoisotopic (exact) mass is 282 g/mol. The van der Waals surface area contributed by atoms with Crippen molar-refractivity contribution in [2.45, 2.75) is 25.4 Å². The summed E-state index contributed by atoms with van der Waals surface area (Å²) < 4.78 is 5.32. The maximum Gasteiger partial charge on any atom is 0.222 e. The molecule has 1 aromatic carbocycles. The Hall–Kier alpha value is -1.26. The van der Waals surface area contributed by atoms with E-state index in [9.17, 15) is 4.79 Å². The minimum Gasteiger partial charge on any atom is -0.496 e. The molecule has 104 valence electrons. The van der Waals surface area contributed by atoms with Crippen molar-refractivity contribution in [2.75, 3.05) is 20.7 Å². The Labute approximate surface area is 118 Å². The topological polar surface area (TPSA) is 41.6 Å². The fourth-order valence-electron chi connectivity index (χ4n) is 2.33. The van der Waals surface area contributed by atoms with E-state index in [1.165, 1.54) is 0 Å². The molecule has 1 N–H and O–H groups in total. The van der Waals surface area contributed by atoms with Gasteiger partial charge >= 0.3 is 0 Å². The average molecular weight is 283 g/mol. The zero-order valence-electron chi connectivity index (χ0n) is 11.3. The first-order valence-electron chi connectivity index (χ1n) is 6.40.